The second-order valence-corrected chi connectivity index (χ2v) is 5.54. The molecule has 1 fully saturated rings. The molecule has 1 aliphatic carbocycles. The van der Waals surface area contributed by atoms with Crippen LogP contribution in [0.25, 0.3) is 0 Å². The average Bonchev–Trinajstić information content (AvgIpc) is 2.85. The summed E-state index contributed by atoms with van der Waals surface area (Å²) in [7, 11) is 1.92. The van der Waals surface area contributed by atoms with Gasteiger partial charge in [0.2, 0.25) is 0 Å². The number of hydrogen-bond acceptors (Lipinski definition) is 5. The van der Waals surface area contributed by atoms with Gasteiger partial charge in [-0.2, -0.15) is 0 Å². The van der Waals surface area contributed by atoms with E-state index in [1.807, 2.05) is 18.0 Å². The first-order chi connectivity index (χ1) is 9.58. The van der Waals surface area contributed by atoms with E-state index in [0.29, 0.717) is 0 Å². The van der Waals surface area contributed by atoms with Gasteiger partial charge in [0.05, 0.1) is 0 Å². The number of allylic oxidation sites excluding steroid dienone is 1. The first-order valence-corrected chi connectivity index (χ1v) is 7.35. The molecule has 1 heterocycles. The number of likely N-dealkylation sites (tertiary alicyclic amines) is 1. The van der Waals surface area contributed by atoms with E-state index in [9.17, 15) is 9.59 Å². The van der Waals surface area contributed by atoms with Crippen LogP contribution in [0, 0.1) is 0 Å². The standard InChI is InChI=1S/C15H23NO4/c1-11(17)19-15(12-7-4-3-5-8-12)20-14(18)13-9-6-10-16(13)2/h7,13,15H,3-6,8-10H2,1-2H3. The van der Waals surface area contributed by atoms with Crippen LogP contribution in [0.4, 0.5) is 0 Å². The lowest BCUT2D eigenvalue weighted by molar-refractivity contribution is -0.183. The van der Waals surface area contributed by atoms with Crippen LogP contribution in [0.15, 0.2) is 11.6 Å². The highest BCUT2D eigenvalue weighted by atomic mass is 16.7. The lowest BCUT2D eigenvalue weighted by atomic mass is 9.99. The lowest BCUT2D eigenvalue weighted by Gasteiger charge is -2.25. The van der Waals surface area contributed by atoms with Gasteiger partial charge < -0.3 is 9.47 Å². The molecule has 1 saturated heterocycles. The molecule has 0 aromatic heterocycles. The highest BCUT2D eigenvalue weighted by molar-refractivity contribution is 5.76. The minimum Gasteiger partial charge on any atom is -0.421 e. The predicted molar refractivity (Wildman–Crippen MR) is 73.8 cm³/mol. The van der Waals surface area contributed by atoms with Crippen molar-refractivity contribution in [1.29, 1.82) is 0 Å². The summed E-state index contributed by atoms with van der Waals surface area (Å²) in [5.74, 6) is -0.711. The van der Waals surface area contributed by atoms with Crippen molar-refractivity contribution in [1.82, 2.24) is 4.90 Å². The minimum atomic E-state index is -0.839. The van der Waals surface area contributed by atoms with Crippen LogP contribution in [0.2, 0.25) is 0 Å². The third-order valence-corrected chi connectivity index (χ3v) is 3.92. The van der Waals surface area contributed by atoms with Gasteiger partial charge in [0.1, 0.15) is 6.04 Å². The fourth-order valence-corrected chi connectivity index (χ4v) is 2.80. The summed E-state index contributed by atoms with van der Waals surface area (Å²) < 4.78 is 10.6. The first kappa shape index (κ1) is 15.0. The van der Waals surface area contributed by atoms with Gasteiger partial charge in [-0.25, -0.2) is 0 Å². The third kappa shape index (κ3) is 3.82. The number of hydrogen-bond donors (Lipinski definition) is 0. The zero-order valence-corrected chi connectivity index (χ0v) is 12.3. The van der Waals surface area contributed by atoms with Gasteiger partial charge in [-0.1, -0.05) is 6.08 Å². The fraction of sp³-hybridized carbons (Fsp3) is 0.733. The van der Waals surface area contributed by atoms with Gasteiger partial charge in [0, 0.05) is 12.5 Å². The Labute approximate surface area is 119 Å². The average molecular weight is 281 g/mol. The molecule has 2 atom stereocenters. The third-order valence-electron chi connectivity index (χ3n) is 3.92. The molecule has 2 rings (SSSR count). The van der Waals surface area contributed by atoms with Gasteiger partial charge in [-0.3, -0.25) is 14.5 Å². The highest BCUT2D eigenvalue weighted by Crippen LogP contribution is 2.25. The Morgan fingerprint density at radius 3 is 2.65 bits per heavy atom. The SMILES string of the molecule is CC(=O)OC(OC(=O)C1CCCN1C)C1=CCCCC1. The molecular formula is C15H23NO4. The number of carbonyl (C=O) groups excluding carboxylic acids is 2. The molecule has 112 valence electrons. The van der Waals surface area contributed by atoms with Crippen LogP contribution in [-0.4, -0.2) is 42.8 Å². The summed E-state index contributed by atoms with van der Waals surface area (Å²) in [5.41, 5.74) is 0.917. The van der Waals surface area contributed by atoms with Crippen molar-refractivity contribution in [3.63, 3.8) is 0 Å². The molecular weight excluding hydrogens is 258 g/mol. The van der Waals surface area contributed by atoms with Gasteiger partial charge in [0.25, 0.3) is 6.29 Å². The Bertz CT molecular complexity index is 405. The molecule has 0 aromatic carbocycles. The molecule has 5 nitrogen and oxygen atoms in total. The van der Waals surface area contributed by atoms with E-state index in [0.717, 1.165) is 50.6 Å². The molecule has 20 heavy (non-hydrogen) atoms. The van der Waals surface area contributed by atoms with Gasteiger partial charge >= 0.3 is 11.9 Å². The normalized spacial score (nSPS) is 24.9. The second kappa shape index (κ2) is 6.88. The Kier molecular flexibility index (Phi) is 5.17. The highest BCUT2D eigenvalue weighted by Gasteiger charge is 2.32. The summed E-state index contributed by atoms with van der Waals surface area (Å²) in [6.45, 7) is 2.24. The molecule has 0 amide bonds. The maximum Gasteiger partial charge on any atom is 0.326 e. The van der Waals surface area contributed by atoms with Gasteiger partial charge in [-0.15, -0.1) is 0 Å². The van der Waals surface area contributed by atoms with Crippen LogP contribution in [0.3, 0.4) is 0 Å². The quantitative estimate of drug-likeness (QED) is 0.448. The van der Waals surface area contributed by atoms with Crippen LogP contribution in [-0.2, 0) is 19.1 Å². The van der Waals surface area contributed by atoms with Crippen molar-refractivity contribution in [3.05, 3.63) is 11.6 Å². The number of rotatable bonds is 4. The summed E-state index contributed by atoms with van der Waals surface area (Å²) in [5, 5.41) is 0. The van der Waals surface area contributed by atoms with Gasteiger partial charge in [-0.05, 0) is 52.1 Å². The number of esters is 2. The number of nitrogens with zero attached hydrogens (tertiary/aromatic N) is 1. The number of likely N-dealkylation sites (N-methyl/N-ethyl adjacent to an activating group) is 1. The lowest BCUT2D eigenvalue weighted by Crippen LogP contribution is -2.38. The molecule has 0 N–H and O–H groups in total. The molecule has 2 aliphatic rings. The first-order valence-electron chi connectivity index (χ1n) is 7.35. The molecule has 0 bridgehead atoms. The van der Waals surface area contributed by atoms with Crippen molar-refractivity contribution < 1.29 is 19.1 Å². The Balaban J connectivity index is 2.01. The maximum absolute atomic E-state index is 12.2. The molecule has 0 spiro atoms. The molecule has 0 aromatic rings. The Morgan fingerprint density at radius 1 is 1.30 bits per heavy atom. The number of ether oxygens (including phenoxy) is 2. The summed E-state index contributed by atoms with van der Waals surface area (Å²) >= 11 is 0. The summed E-state index contributed by atoms with van der Waals surface area (Å²) in [6.07, 6.45) is 6.95. The number of carbonyl (C=O) groups is 2. The van der Waals surface area contributed by atoms with Crippen molar-refractivity contribution in [2.75, 3.05) is 13.6 Å². The van der Waals surface area contributed by atoms with Crippen LogP contribution in [0.5, 0.6) is 0 Å². The van der Waals surface area contributed by atoms with E-state index in [1.165, 1.54) is 6.92 Å². The van der Waals surface area contributed by atoms with Crippen molar-refractivity contribution in [2.45, 2.75) is 57.8 Å². The van der Waals surface area contributed by atoms with Crippen LogP contribution < -0.4 is 0 Å². The topological polar surface area (TPSA) is 55.8 Å². The monoisotopic (exact) mass is 281 g/mol. The largest absolute Gasteiger partial charge is 0.421 e. The van der Waals surface area contributed by atoms with E-state index < -0.39 is 12.3 Å². The molecule has 5 heteroatoms. The molecule has 0 saturated carbocycles. The second-order valence-electron chi connectivity index (χ2n) is 5.54. The Morgan fingerprint density at radius 2 is 2.10 bits per heavy atom. The summed E-state index contributed by atoms with van der Waals surface area (Å²) in [6, 6.07) is -0.211. The van der Waals surface area contributed by atoms with Crippen LogP contribution in [0.1, 0.15) is 45.4 Å². The summed E-state index contributed by atoms with van der Waals surface area (Å²) in [4.78, 5) is 25.4. The van der Waals surface area contributed by atoms with E-state index in [1.54, 1.807) is 0 Å². The maximum atomic E-state index is 12.2. The predicted octanol–water partition coefficient (Wildman–Crippen LogP) is 2.01. The molecule has 0 radical (unpaired) electrons. The minimum absolute atomic E-state index is 0.211. The molecule has 1 aliphatic heterocycles. The van der Waals surface area contributed by atoms with E-state index in [-0.39, 0.29) is 12.0 Å². The zero-order chi connectivity index (χ0) is 14.5. The van der Waals surface area contributed by atoms with Crippen molar-refractivity contribution in [2.24, 2.45) is 0 Å². The van der Waals surface area contributed by atoms with E-state index in [4.69, 9.17) is 9.47 Å². The van der Waals surface area contributed by atoms with E-state index in [2.05, 4.69) is 0 Å². The Hall–Kier alpha value is -1.36. The smallest absolute Gasteiger partial charge is 0.326 e. The van der Waals surface area contributed by atoms with Crippen molar-refractivity contribution >= 4 is 11.9 Å². The zero-order valence-electron chi connectivity index (χ0n) is 12.3. The van der Waals surface area contributed by atoms with Crippen molar-refractivity contribution in [3.8, 4) is 0 Å². The van der Waals surface area contributed by atoms with Crippen LogP contribution >= 0.6 is 0 Å². The van der Waals surface area contributed by atoms with Gasteiger partial charge in [0.15, 0.2) is 0 Å². The van der Waals surface area contributed by atoms with E-state index >= 15 is 0 Å². The molecule has 2 unspecified atom stereocenters. The fourth-order valence-electron chi connectivity index (χ4n) is 2.80.